The first-order valence-electron chi connectivity index (χ1n) is 20.6. The minimum absolute atomic E-state index is 0.163. The van der Waals surface area contributed by atoms with Crippen molar-refractivity contribution in [2.24, 2.45) is 56.2 Å². The molecule has 0 heterocycles. The molecule has 0 N–H and O–H groups in total. The van der Waals surface area contributed by atoms with E-state index in [9.17, 15) is 10.1 Å². The van der Waals surface area contributed by atoms with Gasteiger partial charge in [-0.2, -0.15) is 5.26 Å². The van der Waals surface area contributed by atoms with Crippen LogP contribution in [-0.4, -0.2) is 25.3 Å². The lowest BCUT2D eigenvalue weighted by Crippen LogP contribution is -2.48. The molecule has 2 bridgehead atoms. The highest BCUT2D eigenvalue weighted by atomic mass is 16.5. The summed E-state index contributed by atoms with van der Waals surface area (Å²) in [5.41, 5.74) is 2.04. The van der Waals surface area contributed by atoms with Gasteiger partial charge in [0.25, 0.3) is 0 Å². The lowest BCUT2D eigenvalue weighted by molar-refractivity contribution is -0.150. The molecule has 4 nitrogen and oxygen atoms in total. The van der Waals surface area contributed by atoms with Crippen molar-refractivity contribution in [3.05, 3.63) is 36.5 Å². The summed E-state index contributed by atoms with van der Waals surface area (Å²) in [7, 11) is 1.69. The van der Waals surface area contributed by atoms with Gasteiger partial charge in [0, 0.05) is 13.3 Å². The van der Waals surface area contributed by atoms with Crippen LogP contribution in [0.3, 0.4) is 0 Å². The summed E-state index contributed by atoms with van der Waals surface area (Å²) in [6.07, 6.45) is 23.3. The van der Waals surface area contributed by atoms with Crippen LogP contribution in [0.2, 0.25) is 0 Å². The number of allylic oxidation sites excluding steroid dienone is 2. The number of fused-ring (bicyclic) bond motifs is 2. The molecule has 0 aromatic carbocycles. The first kappa shape index (κ1) is 44.0. The largest absolute Gasteiger partial charge is 0.458 e. The van der Waals surface area contributed by atoms with Gasteiger partial charge in [0.2, 0.25) is 0 Å². The molecule has 0 aliphatic heterocycles. The molecule has 4 heteroatoms. The Balaban J connectivity index is 2.28. The van der Waals surface area contributed by atoms with Gasteiger partial charge in [-0.15, -0.1) is 0 Å². The second-order valence-corrected chi connectivity index (χ2v) is 18.1. The van der Waals surface area contributed by atoms with Gasteiger partial charge in [-0.3, -0.25) is 4.99 Å². The van der Waals surface area contributed by atoms with E-state index in [0.717, 1.165) is 44.9 Å². The van der Waals surface area contributed by atoms with Gasteiger partial charge in [-0.1, -0.05) is 126 Å². The smallest absolute Gasteiger partial charge is 0.338 e. The van der Waals surface area contributed by atoms with Gasteiger partial charge in [0.05, 0.1) is 17.1 Å². The topological polar surface area (TPSA) is 62.4 Å². The zero-order valence-corrected chi connectivity index (χ0v) is 34.6. The summed E-state index contributed by atoms with van der Waals surface area (Å²) in [6.45, 7) is 31.4. The van der Waals surface area contributed by atoms with Crippen LogP contribution in [0.1, 0.15) is 172 Å². The number of esters is 1. The molecule has 2 rings (SSSR count). The molecular formula is C46H78N2O2. The predicted molar refractivity (Wildman–Crippen MR) is 215 cm³/mol. The van der Waals surface area contributed by atoms with Crippen LogP contribution in [0.15, 0.2) is 41.4 Å². The van der Waals surface area contributed by atoms with E-state index >= 15 is 0 Å². The number of hydrogen-bond acceptors (Lipinski definition) is 4. The van der Waals surface area contributed by atoms with Gasteiger partial charge in [0.15, 0.2) is 0 Å². The lowest BCUT2D eigenvalue weighted by atomic mass is 9.49. The van der Waals surface area contributed by atoms with E-state index in [2.05, 4.69) is 93.5 Å². The van der Waals surface area contributed by atoms with Crippen LogP contribution in [0, 0.1) is 62.6 Å². The lowest BCUT2D eigenvalue weighted by Gasteiger charge is -2.55. The molecule has 284 valence electrons. The Hall–Kier alpha value is -2.15. The average Bonchev–Trinajstić information content (AvgIpc) is 3.08. The number of aliphatic imine (C=N–C) groups is 1. The third-order valence-corrected chi connectivity index (χ3v) is 14.4. The Morgan fingerprint density at radius 2 is 1.78 bits per heavy atom. The first-order chi connectivity index (χ1) is 23.6. The molecule has 0 radical (unpaired) electrons. The standard InChI is InChI=1S/C46H78N2O2/c1-14-35(8)46(33-47)29-21-28-45(18-5)30-25-38(34(6)7)39(32-45)40(46)23-19-22-37(16-3)44(12,17-4)27-20-24-41(43(9,10)11)50-42(49)36(15-2)26-31-48-13/h15,26,31,35,37-41H,2,6,14,16-25,27-30,32H2,1,3-5,7-13H3/b36-26+,48-31?/t35-,37?,38+,39-,40?,41?,44?,45?,46-/m1/s1. The van der Waals surface area contributed by atoms with Crippen LogP contribution in [0.25, 0.3) is 0 Å². The monoisotopic (exact) mass is 691 g/mol. The van der Waals surface area contributed by atoms with Gasteiger partial charge in [0.1, 0.15) is 6.10 Å². The van der Waals surface area contributed by atoms with Gasteiger partial charge in [-0.05, 0) is 123 Å². The maximum absolute atomic E-state index is 13.0. The fourth-order valence-corrected chi connectivity index (χ4v) is 10.4. The molecule has 9 atom stereocenters. The number of nitriles is 1. The quantitative estimate of drug-likeness (QED) is 0.0445. The zero-order chi connectivity index (χ0) is 37.8. The Morgan fingerprint density at radius 1 is 1.08 bits per heavy atom. The van der Waals surface area contributed by atoms with E-state index < -0.39 is 0 Å². The summed E-state index contributed by atoms with van der Waals surface area (Å²) in [4.78, 5) is 17.0. The number of ether oxygens (including phenoxy) is 1. The second-order valence-electron chi connectivity index (χ2n) is 18.1. The molecule has 2 saturated carbocycles. The Morgan fingerprint density at radius 3 is 2.30 bits per heavy atom. The molecule has 2 aliphatic carbocycles. The average molecular weight is 691 g/mol. The molecular weight excluding hydrogens is 613 g/mol. The third kappa shape index (κ3) is 10.7. The van der Waals surface area contributed by atoms with Crippen molar-refractivity contribution in [3.8, 4) is 6.07 Å². The maximum Gasteiger partial charge on any atom is 0.338 e. The minimum atomic E-state index is -0.326. The van der Waals surface area contributed by atoms with E-state index in [0.29, 0.717) is 40.6 Å². The highest BCUT2D eigenvalue weighted by Gasteiger charge is 2.53. The van der Waals surface area contributed by atoms with Crippen LogP contribution < -0.4 is 0 Å². The van der Waals surface area contributed by atoms with Crippen molar-refractivity contribution in [2.45, 2.75) is 178 Å². The SMILES string of the molecule is C=C/C(=C\C=NC)C(=O)OC(CCCC(C)(CC)C(CC)CCCC1[C@@H]2CC(CC)(CCC[C@@]1(C#N)[C@H](C)CC)CC[C@H]2C(=C)C)C(C)(C)C. The van der Waals surface area contributed by atoms with E-state index in [-0.39, 0.29) is 28.3 Å². The Bertz CT molecular complexity index is 1200. The van der Waals surface area contributed by atoms with Crippen molar-refractivity contribution in [1.82, 2.24) is 0 Å². The van der Waals surface area contributed by atoms with Gasteiger partial charge >= 0.3 is 5.97 Å². The normalized spacial score (nSPS) is 29.2. The number of hydrogen-bond donors (Lipinski definition) is 0. The number of rotatable bonds is 19. The van der Waals surface area contributed by atoms with Crippen molar-refractivity contribution in [1.29, 1.82) is 5.26 Å². The molecule has 0 saturated heterocycles. The highest BCUT2D eigenvalue weighted by molar-refractivity contribution is 5.96. The summed E-state index contributed by atoms with van der Waals surface area (Å²) in [5, 5.41) is 11.1. The Labute approximate surface area is 310 Å². The van der Waals surface area contributed by atoms with E-state index in [1.807, 2.05) is 0 Å². The maximum atomic E-state index is 13.0. The fourth-order valence-electron chi connectivity index (χ4n) is 10.4. The predicted octanol–water partition coefficient (Wildman–Crippen LogP) is 13.3. The van der Waals surface area contributed by atoms with Crippen molar-refractivity contribution < 1.29 is 9.53 Å². The molecule has 0 aromatic rings. The third-order valence-electron chi connectivity index (χ3n) is 14.4. The number of nitrogens with zero attached hydrogens (tertiary/aromatic N) is 2. The summed E-state index contributed by atoms with van der Waals surface area (Å²) >= 11 is 0. The van der Waals surface area contributed by atoms with E-state index in [1.54, 1.807) is 25.4 Å². The molecule has 0 spiro atoms. The molecule has 5 unspecified atom stereocenters. The van der Waals surface area contributed by atoms with Crippen LogP contribution in [0.4, 0.5) is 0 Å². The first-order valence-corrected chi connectivity index (χ1v) is 20.6. The summed E-state index contributed by atoms with van der Waals surface area (Å²) in [5.74, 6) is 2.24. The Kier molecular flexibility index (Phi) is 17.3. The molecule has 0 amide bonds. The second kappa shape index (κ2) is 19.6. The molecule has 50 heavy (non-hydrogen) atoms. The van der Waals surface area contributed by atoms with Gasteiger partial charge < -0.3 is 4.74 Å². The van der Waals surface area contributed by atoms with Crippen LogP contribution in [-0.2, 0) is 9.53 Å². The van der Waals surface area contributed by atoms with Crippen molar-refractivity contribution in [3.63, 3.8) is 0 Å². The van der Waals surface area contributed by atoms with E-state index in [4.69, 9.17) is 4.74 Å². The van der Waals surface area contributed by atoms with Crippen molar-refractivity contribution in [2.75, 3.05) is 7.05 Å². The van der Waals surface area contributed by atoms with Crippen LogP contribution >= 0.6 is 0 Å². The molecule has 2 fully saturated rings. The number of carbonyl (C=O) groups is 1. The van der Waals surface area contributed by atoms with Crippen LogP contribution in [0.5, 0.6) is 0 Å². The van der Waals surface area contributed by atoms with Crippen molar-refractivity contribution >= 4 is 12.2 Å². The highest BCUT2D eigenvalue weighted by Crippen LogP contribution is 2.60. The molecule has 0 aromatic heterocycles. The number of carbonyl (C=O) groups excluding carboxylic acids is 1. The summed E-state index contributed by atoms with van der Waals surface area (Å²) < 4.78 is 6.11. The minimum Gasteiger partial charge on any atom is -0.458 e. The fraction of sp³-hybridized carbons (Fsp3) is 0.804. The van der Waals surface area contributed by atoms with Gasteiger partial charge in [-0.25, -0.2) is 4.79 Å². The molecule has 2 aliphatic rings. The summed E-state index contributed by atoms with van der Waals surface area (Å²) in [6, 6.07) is 3.08. The zero-order valence-electron chi connectivity index (χ0n) is 34.6. The van der Waals surface area contributed by atoms with E-state index in [1.165, 1.54) is 63.4 Å².